The van der Waals surface area contributed by atoms with Gasteiger partial charge < -0.3 is 10.1 Å². The summed E-state index contributed by atoms with van der Waals surface area (Å²) in [4.78, 5) is 11.7. The number of ether oxygens (including phenoxy) is 1. The van der Waals surface area contributed by atoms with E-state index in [1.54, 1.807) is 13.8 Å². The Morgan fingerprint density at radius 2 is 1.86 bits per heavy atom. The maximum atomic E-state index is 11.7. The van der Waals surface area contributed by atoms with Crippen molar-refractivity contribution in [3.05, 3.63) is 23.3 Å². The predicted molar refractivity (Wildman–Crippen MR) is 80.7 cm³/mol. The lowest BCUT2D eigenvalue weighted by Crippen LogP contribution is -2.35. The molecule has 0 fully saturated rings. The Morgan fingerprint density at radius 3 is 2.29 bits per heavy atom. The highest BCUT2D eigenvalue weighted by atomic mass is 32.2. The summed E-state index contributed by atoms with van der Waals surface area (Å²) in [7, 11) is -3.75. The third-order valence-electron chi connectivity index (χ3n) is 3.13. The van der Waals surface area contributed by atoms with Crippen LogP contribution in [0.2, 0.25) is 0 Å². The molecule has 6 nitrogen and oxygen atoms in total. The van der Waals surface area contributed by atoms with Crippen LogP contribution in [-0.4, -0.2) is 27.0 Å². The fourth-order valence-corrected chi connectivity index (χ4v) is 2.54. The Kier molecular flexibility index (Phi) is 5.74. The van der Waals surface area contributed by atoms with Crippen LogP contribution in [0.4, 0.5) is 0 Å². The number of primary sulfonamides is 1. The lowest BCUT2D eigenvalue weighted by Gasteiger charge is -2.15. The van der Waals surface area contributed by atoms with E-state index in [1.807, 2.05) is 13.8 Å². The molecule has 1 aromatic rings. The zero-order chi connectivity index (χ0) is 16.2. The number of nitrogens with two attached hydrogens (primary N) is 1. The van der Waals surface area contributed by atoms with Crippen LogP contribution in [0, 0.1) is 13.8 Å². The van der Waals surface area contributed by atoms with E-state index in [0.717, 1.165) is 6.42 Å². The second-order valence-electron chi connectivity index (χ2n) is 5.10. The highest BCUT2D eigenvalue weighted by Gasteiger charge is 2.14. The van der Waals surface area contributed by atoms with Crippen molar-refractivity contribution in [3.8, 4) is 5.75 Å². The summed E-state index contributed by atoms with van der Waals surface area (Å²) in [5, 5.41) is 7.90. The first-order valence-corrected chi connectivity index (χ1v) is 8.26. The van der Waals surface area contributed by atoms with E-state index >= 15 is 0 Å². The normalized spacial score (nSPS) is 12.8. The van der Waals surface area contributed by atoms with Crippen LogP contribution in [-0.2, 0) is 14.8 Å². The first kappa shape index (κ1) is 17.5. The highest BCUT2D eigenvalue weighted by Crippen LogP contribution is 2.26. The Hall–Kier alpha value is -1.60. The predicted octanol–water partition coefficient (Wildman–Crippen LogP) is 1.24. The van der Waals surface area contributed by atoms with Crippen LogP contribution in [0.25, 0.3) is 0 Å². The molecule has 0 spiro atoms. The Morgan fingerprint density at radius 1 is 1.33 bits per heavy atom. The molecule has 1 rings (SSSR count). The summed E-state index contributed by atoms with van der Waals surface area (Å²) in [6.07, 6.45) is 0.840. The summed E-state index contributed by atoms with van der Waals surface area (Å²) in [5.74, 6) is 0.292. The van der Waals surface area contributed by atoms with Crippen molar-refractivity contribution in [1.82, 2.24) is 5.32 Å². The molecule has 1 unspecified atom stereocenters. The zero-order valence-corrected chi connectivity index (χ0v) is 13.6. The quantitative estimate of drug-likeness (QED) is 0.825. The molecule has 1 aromatic carbocycles. The van der Waals surface area contributed by atoms with Crippen molar-refractivity contribution in [2.75, 3.05) is 6.61 Å². The molecule has 1 atom stereocenters. The van der Waals surface area contributed by atoms with Gasteiger partial charge in [0.05, 0.1) is 4.90 Å². The van der Waals surface area contributed by atoms with Crippen LogP contribution in [0.15, 0.2) is 17.0 Å². The number of carbonyl (C=O) groups is 1. The molecular weight excluding hydrogens is 292 g/mol. The van der Waals surface area contributed by atoms with E-state index in [4.69, 9.17) is 9.88 Å². The topological polar surface area (TPSA) is 98.5 Å². The van der Waals surface area contributed by atoms with Crippen LogP contribution in [0.1, 0.15) is 31.4 Å². The zero-order valence-electron chi connectivity index (χ0n) is 12.8. The first-order valence-electron chi connectivity index (χ1n) is 6.71. The summed E-state index contributed by atoms with van der Waals surface area (Å²) < 4.78 is 28.2. The van der Waals surface area contributed by atoms with Gasteiger partial charge in [-0.25, -0.2) is 13.6 Å². The average Bonchev–Trinajstić information content (AvgIpc) is 2.36. The molecule has 0 heterocycles. The average molecular weight is 314 g/mol. The largest absolute Gasteiger partial charge is 0.483 e. The Balaban J connectivity index is 2.84. The molecular formula is C14H22N2O4S. The molecule has 0 aromatic heterocycles. The minimum Gasteiger partial charge on any atom is -0.483 e. The standard InChI is InChI=1S/C14H22N2O4S/c1-5-11(4)16-13(17)8-20-14-9(2)6-12(7-10(14)3)21(15,18)19/h6-7,11H,5,8H2,1-4H3,(H,16,17)(H2,15,18,19). The summed E-state index contributed by atoms with van der Waals surface area (Å²) in [6.45, 7) is 7.20. The smallest absolute Gasteiger partial charge is 0.258 e. The van der Waals surface area contributed by atoms with E-state index in [2.05, 4.69) is 5.32 Å². The van der Waals surface area contributed by atoms with Gasteiger partial charge in [0.2, 0.25) is 10.0 Å². The number of nitrogens with one attached hydrogen (secondary N) is 1. The minimum absolute atomic E-state index is 0.0360. The molecule has 21 heavy (non-hydrogen) atoms. The molecule has 3 N–H and O–H groups in total. The minimum atomic E-state index is -3.75. The SMILES string of the molecule is CCC(C)NC(=O)COc1c(C)cc(S(N)(=O)=O)cc1C. The molecule has 0 radical (unpaired) electrons. The molecule has 0 aliphatic carbocycles. The number of hydrogen-bond acceptors (Lipinski definition) is 4. The number of sulfonamides is 1. The monoisotopic (exact) mass is 314 g/mol. The van der Waals surface area contributed by atoms with Crippen molar-refractivity contribution in [2.24, 2.45) is 5.14 Å². The number of amides is 1. The van der Waals surface area contributed by atoms with E-state index < -0.39 is 10.0 Å². The van der Waals surface area contributed by atoms with Gasteiger partial charge in [-0.05, 0) is 50.5 Å². The first-order chi connectivity index (χ1) is 9.65. The number of hydrogen-bond donors (Lipinski definition) is 2. The van der Waals surface area contributed by atoms with Crippen molar-refractivity contribution in [2.45, 2.75) is 45.1 Å². The van der Waals surface area contributed by atoms with Crippen LogP contribution in [0.3, 0.4) is 0 Å². The van der Waals surface area contributed by atoms with Gasteiger partial charge in [-0.3, -0.25) is 4.79 Å². The van der Waals surface area contributed by atoms with Crippen molar-refractivity contribution in [3.63, 3.8) is 0 Å². The van der Waals surface area contributed by atoms with Crippen LogP contribution >= 0.6 is 0 Å². The van der Waals surface area contributed by atoms with Gasteiger partial charge in [0.15, 0.2) is 6.61 Å². The van der Waals surface area contributed by atoms with Gasteiger partial charge in [-0.15, -0.1) is 0 Å². The fourth-order valence-electron chi connectivity index (χ4n) is 1.86. The van der Waals surface area contributed by atoms with Gasteiger partial charge >= 0.3 is 0 Å². The molecule has 1 amide bonds. The van der Waals surface area contributed by atoms with E-state index in [9.17, 15) is 13.2 Å². The molecule has 0 saturated carbocycles. The molecule has 7 heteroatoms. The molecule has 0 aliphatic heterocycles. The molecule has 0 bridgehead atoms. The van der Waals surface area contributed by atoms with Gasteiger partial charge in [-0.1, -0.05) is 6.92 Å². The van der Waals surface area contributed by atoms with Crippen LogP contribution in [0.5, 0.6) is 5.75 Å². The van der Waals surface area contributed by atoms with E-state index in [0.29, 0.717) is 16.9 Å². The number of aryl methyl sites for hydroxylation is 2. The third-order valence-corrected chi connectivity index (χ3v) is 4.02. The van der Waals surface area contributed by atoms with Gasteiger partial charge in [0, 0.05) is 6.04 Å². The summed E-state index contributed by atoms with van der Waals surface area (Å²) >= 11 is 0. The van der Waals surface area contributed by atoms with Crippen LogP contribution < -0.4 is 15.2 Å². The maximum Gasteiger partial charge on any atom is 0.258 e. The second-order valence-corrected chi connectivity index (χ2v) is 6.66. The van der Waals surface area contributed by atoms with Crippen molar-refractivity contribution >= 4 is 15.9 Å². The molecule has 0 saturated heterocycles. The lowest BCUT2D eigenvalue weighted by molar-refractivity contribution is -0.123. The Labute approximate surface area is 125 Å². The van der Waals surface area contributed by atoms with Gasteiger partial charge in [-0.2, -0.15) is 0 Å². The maximum absolute atomic E-state index is 11.7. The van der Waals surface area contributed by atoms with Crippen molar-refractivity contribution in [1.29, 1.82) is 0 Å². The molecule has 0 aliphatic rings. The van der Waals surface area contributed by atoms with E-state index in [-0.39, 0.29) is 23.5 Å². The van der Waals surface area contributed by atoms with E-state index in [1.165, 1.54) is 12.1 Å². The fraction of sp³-hybridized carbons (Fsp3) is 0.500. The second kappa shape index (κ2) is 6.91. The summed E-state index contributed by atoms with van der Waals surface area (Å²) in [6, 6.07) is 2.96. The third kappa shape index (κ3) is 5.02. The number of rotatable bonds is 6. The Bertz CT molecular complexity index is 603. The van der Waals surface area contributed by atoms with Gasteiger partial charge in [0.25, 0.3) is 5.91 Å². The molecule has 118 valence electrons. The van der Waals surface area contributed by atoms with Gasteiger partial charge in [0.1, 0.15) is 5.75 Å². The van der Waals surface area contributed by atoms with Crippen molar-refractivity contribution < 1.29 is 17.9 Å². The lowest BCUT2D eigenvalue weighted by atomic mass is 10.1. The number of carbonyl (C=O) groups excluding carboxylic acids is 1. The number of benzene rings is 1. The summed E-state index contributed by atoms with van der Waals surface area (Å²) in [5.41, 5.74) is 1.24. The highest BCUT2D eigenvalue weighted by molar-refractivity contribution is 7.89.